The number of carbonyl (C=O) groups excluding carboxylic acids is 2. The molecule has 1 heterocycles. The summed E-state index contributed by atoms with van der Waals surface area (Å²) in [6, 6.07) is 25.5. The van der Waals surface area contributed by atoms with E-state index in [0.29, 0.717) is 30.6 Å². The van der Waals surface area contributed by atoms with Crippen molar-refractivity contribution in [2.75, 3.05) is 5.32 Å². The lowest BCUT2D eigenvalue weighted by Gasteiger charge is -2.21. The second-order valence-corrected chi connectivity index (χ2v) is 10.4. The molecule has 0 bridgehead atoms. The molecule has 4 rings (SSSR count). The van der Waals surface area contributed by atoms with E-state index in [1.54, 1.807) is 31.2 Å². The Bertz CT molecular complexity index is 1540. The van der Waals surface area contributed by atoms with Gasteiger partial charge in [-0.15, -0.1) is 6.58 Å². The van der Waals surface area contributed by atoms with Gasteiger partial charge in [-0.1, -0.05) is 74.5 Å². The molecular formula is C36H37FN2O3. The summed E-state index contributed by atoms with van der Waals surface area (Å²) in [5.41, 5.74) is 5.32. The van der Waals surface area contributed by atoms with Crippen molar-refractivity contribution in [1.29, 1.82) is 0 Å². The van der Waals surface area contributed by atoms with Crippen LogP contribution in [0.2, 0.25) is 0 Å². The number of aromatic nitrogens is 1. The number of para-hydroxylation sites is 1. The molecule has 216 valence electrons. The number of esters is 1. The SMILES string of the molecule is C=CC[C@H](CCn1c(-c2ccc(F)cc2)c(-c2ccccc2)c(C(=O)Nc2ccccc2)c1C(C)C)OC(=O)C=CC. The summed E-state index contributed by atoms with van der Waals surface area (Å²) < 4.78 is 22.0. The molecule has 0 radical (unpaired) electrons. The van der Waals surface area contributed by atoms with Crippen LogP contribution in [0.25, 0.3) is 22.4 Å². The first kappa shape index (κ1) is 30.3. The molecule has 6 heteroatoms. The van der Waals surface area contributed by atoms with Gasteiger partial charge in [-0.2, -0.15) is 0 Å². The molecule has 0 aliphatic rings. The molecule has 0 saturated carbocycles. The largest absolute Gasteiger partial charge is 0.459 e. The first-order valence-corrected chi connectivity index (χ1v) is 14.2. The topological polar surface area (TPSA) is 60.3 Å². The highest BCUT2D eigenvalue weighted by molar-refractivity contribution is 6.12. The number of rotatable bonds is 12. The van der Waals surface area contributed by atoms with Gasteiger partial charge in [-0.05, 0) is 60.4 Å². The van der Waals surface area contributed by atoms with Crippen LogP contribution in [0, 0.1) is 5.82 Å². The van der Waals surface area contributed by atoms with Gasteiger partial charge in [0, 0.05) is 42.4 Å². The minimum Gasteiger partial charge on any atom is -0.459 e. The summed E-state index contributed by atoms with van der Waals surface area (Å²) in [7, 11) is 0. The lowest BCUT2D eigenvalue weighted by molar-refractivity contribution is -0.143. The van der Waals surface area contributed by atoms with Crippen molar-refractivity contribution in [1.82, 2.24) is 4.57 Å². The van der Waals surface area contributed by atoms with Crippen molar-refractivity contribution in [3.63, 3.8) is 0 Å². The molecule has 0 saturated heterocycles. The van der Waals surface area contributed by atoms with Crippen LogP contribution in [0.4, 0.5) is 10.1 Å². The number of allylic oxidation sites excluding steroid dienone is 1. The molecule has 1 atom stereocenters. The first-order valence-electron chi connectivity index (χ1n) is 14.2. The van der Waals surface area contributed by atoms with Crippen molar-refractivity contribution < 1.29 is 18.7 Å². The molecule has 5 nitrogen and oxygen atoms in total. The van der Waals surface area contributed by atoms with Gasteiger partial charge in [-0.3, -0.25) is 4.79 Å². The summed E-state index contributed by atoms with van der Waals surface area (Å²) in [5, 5.41) is 3.09. The summed E-state index contributed by atoms with van der Waals surface area (Å²) in [6.45, 7) is 10.2. The number of hydrogen-bond donors (Lipinski definition) is 1. The highest BCUT2D eigenvalue weighted by atomic mass is 19.1. The maximum Gasteiger partial charge on any atom is 0.330 e. The second kappa shape index (κ2) is 14.3. The third-order valence-electron chi connectivity index (χ3n) is 6.98. The minimum absolute atomic E-state index is 0.0402. The second-order valence-electron chi connectivity index (χ2n) is 10.4. The third-order valence-corrected chi connectivity index (χ3v) is 6.98. The minimum atomic E-state index is -0.410. The van der Waals surface area contributed by atoms with Gasteiger partial charge in [0.15, 0.2) is 0 Å². The maximum atomic E-state index is 14.2. The Morgan fingerprint density at radius 3 is 2.19 bits per heavy atom. The predicted octanol–water partition coefficient (Wildman–Crippen LogP) is 8.79. The van der Waals surface area contributed by atoms with Crippen LogP contribution in [-0.4, -0.2) is 22.5 Å². The number of carbonyl (C=O) groups is 2. The number of nitrogens with one attached hydrogen (secondary N) is 1. The monoisotopic (exact) mass is 564 g/mol. The Balaban J connectivity index is 1.94. The Kier molecular flexibility index (Phi) is 10.3. The van der Waals surface area contributed by atoms with E-state index in [4.69, 9.17) is 4.74 Å². The van der Waals surface area contributed by atoms with Crippen LogP contribution in [0.15, 0.2) is 110 Å². The van der Waals surface area contributed by atoms with Crippen LogP contribution in [0.5, 0.6) is 0 Å². The van der Waals surface area contributed by atoms with Crippen molar-refractivity contribution in [2.24, 2.45) is 0 Å². The highest BCUT2D eigenvalue weighted by Crippen LogP contribution is 2.42. The normalized spacial score (nSPS) is 11.9. The molecule has 0 aliphatic carbocycles. The highest BCUT2D eigenvalue weighted by Gasteiger charge is 2.31. The van der Waals surface area contributed by atoms with Gasteiger partial charge in [-0.25, -0.2) is 9.18 Å². The average molecular weight is 565 g/mol. The molecule has 1 amide bonds. The first-order chi connectivity index (χ1) is 20.3. The zero-order valence-corrected chi connectivity index (χ0v) is 24.3. The smallest absolute Gasteiger partial charge is 0.330 e. The lowest BCUT2D eigenvalue weighted by Crippen LogP contribution is -2.20. The van der Waals surface area contributed by atoms with E-state index in [2.05, 4.69) is 30.3 Å². The van der Waals surface area contributed by atoms with Crippen molar-refractivity contribution in [3.05, 3.63) is 127 Å². The number of anilines is 1. The molecule has 0 spiro atoms. The molecule has 42 heavy (non-hydrogen) atoms. The maximum absolute atomic E-state index is 14.2. The summed E-state index contributed by atoms with van der Waals surface area (Å²) >= 11 is 0. The van der Waals surface area contributed by atoms with Gasteiger partial charge in [0.1, 0.15) is 11.9 Å². The fourth-order valence-corrected chi connectivity index (χ4v) is 5.23. The van der Waals surface area contributed by atoms with Crippen LogP contribution < -0.4 is 5.32 Å². The fraction of sp³-hybridized carbons (Fsp3) is 0.222. The van der Waals surface area contributed by atoms with Crippen molar-refractivity contribution in [3.8, 4) is 22.4 Å². The number of ether oxygens (including phenoxy) is 1. The zero-order valence-electron chi connectivity index (χ0n) is 24.3. The number of hydrogen-bond acceptors (Lipinski definition) is 3. The Labute approximate surface area is 247 Å². The van der Waals surface area contributed by atoms with E-state index in [0.717, 1.165) is 28.1 Å². The number of benzene rings is 3. The van der Waals surface area contributed by atoms with Gasteiger partial charge in [0.05, 0.1) is 11.3 Å². The van der Waals surface area contributed by atoms with Crippen LogP contribution in [-0.2, 0) is 16.1 Å². The van der Waals surface area contributed by atoms with Gasteiger partial charge >= 0.3 is 5.97 Å². The van der Waals surface area contributed by atoms with Crippen LogP contribution in [0.3, 0.4) is 0 Å². The molecule has 4 aromatic rings. The van der Waals surface area contributed by atoms with E-state index in [1.165, 1.54) is 18.2 Å². The van der Waals surface area contributed by atoms with E-state index in [9.17, 15) is 14.0 Å². The molecule has 0 unspecified atom stereocenters. The standard InChI is InChI=1S/C36H37FN2O3/c1-5-13-30(42-31(40)14-6-2)23-24-39-34(25(3)4)33(36(41)38-29-17-11-8-12-18-29)32(26-15-9-7-10-16-26)35(39)27-19-21-28(37)22-20-27/h5-12,14-22,25,30H,1,13,23-24H2,2-4H3,(H,38,41)/t30-/m1/s1. The van der Waals surface area contributed by atoms with Gasteiger partial charge in [0.2, 0.25) is 0 Å². The van der Waals surface area contributed by atoms with E-state index in [-0.39, 0.29) is 17.6 Å². The predicted molar refractivity (Wildman–Crippen MR) is 168 cm³/mol. The molecule has 1 aromatic heterocycles. The van der Waals surface area contributed by atoms with E-state index in [1.807, 2.05) is 60.7 Å². The van der Waals surface area contributed by atoms with Crippen molar-refractivity contribution >= 4 is 17.6 Å². The zero-order chi connectivity index (χ0) is 30.1. The summed E-state index contributed by atoms with van der Waals surface area (Å²) in [4.78, 5) is 26.5. The Hall–Kier alpha value is -4.71. The van der Waals surface area contributed by atoms with Crippen LogP contribution in [0.1, 0.15) is 55.6 Å². The average Bonchev–Trinajstić information content (AvgIpc) is 3.33. The number of nitrogens with zero attached hydrogens (tertiary/aromatic N) is 1. The fourth-order valence-electron chi connectivity index (χ4n) is 5.23. The third kappa shape index (κ3) is 7.13. The molecule has 0 aliphatic heterocycles. The summed E-state index contributed by atoms with van der Waals surface area (Å²) in [5.74, 6) is -1.02. The summed E-state index contributed by atoms with van der Waals surface area (Å²) in [6.07, 6.45) is 5.35. The lowest BCUT2D eigenvalue weighted by atomic mass is 9.94. The molecule has 3 aromatic carbocycles. The van der Waals surface area contributed by atoms with Gasteiger partial charge in [0.25, 0.3) is 5.91 Å². The molecule has 1 N–H and O–H groups in total. The Morgan fingerprint density at radius 1 is 0.952 bits per heavy atom. The van der Waals surface area contributed by atoms with E-state index < -0.39 is 12.1 Å². The molecule has 0 fully saturated rings. The number of halogens is 1. The van der Waals surface area contributed by atoms with Crippen LogP contribution >= 0.6 is 0 Å². The van der Waals surface area contributed by atoms with Crippen molar-refractivity contribution in [2.45, 2.75) is 52.2 Å². The molecular weight excluding hydrogens is 527 g/mol. The Morgan fingerprint density at radius 2 is 1.60 bits per heavy atom. The quantitative estimate of drug-likeness (QED) is 0.106. The van der Waals surface area contributed by atoms with E-state index >= 15 is 0 Å². The number of amides is 1. The van der Waals surface area contributed by atoms with Gasteiger partial charge < -0.3 is 14.6 Å².